The second kappa shape index (κ2) is 7.14. The molecule has 1 aromatic carbocycles. The van der Waals surface area contributed by atoms with Crippen LogP contribution >= 0.6 is 0 Å². The summed E-state index contributed by atoms with van der Waals surface area (Å²) < 4.78 is 5.56. The number of carbonyl (C=O) groups is 1. The highest BCUT2D eigenvalue weighted by Gasteiger charge is 2.20. The van der Waals surface area contributed by atoms with E-state index in [2.05, 4.69) is 10.6 Å². The molecule has 1 aliphatic rings. The highest BCUT2D eigenvalue weighted by Crippen LogP contribution is 2.28. The number of nitrogens with one attached hydrogen (secondary N) is 2. The summed E-state index contributed by atoms with van der Waals surface area (Å²) in [6, 6.07) is 5.26. The SMILES string of the molecule is CCNC(=O)c1ccc(N)cc1NCCOCC1CC1. The van der Waals surface area contributed by atoms with Crippen molar-refractivity contribution in [1.82, 2.24) is 5.32 Å². The number of nitrogens with two attached hydrogens (primary N) is 1. The van der Waals surface area contributed by atoms with Crippen LogP contribution in [0.25, 0.3) is 0 Å². The average Bonchev–Trinajstić information content (AvgIpc) is 3.23. The molecular weight excluding hydrogens is 254 g/mol. The van der Waals surface area contributed by atoms with E-state index in [-0.39, 0.29) is 5.91 Å². The zero-order chi connectivity index (χ0) is 14.4. The largest absolute Gasteiger partial charge is 0.399 e. The van der Waals surface area contributed by atoms with Gasteiger partial charge in [-0.25, -0.2) is 0 Å². The molecule has 1 fully saturated rings. The molecule has 5 nitrogen and oxygen atoms in total. The molecule has 0 aliphatic heterocycles. The predicted octanol–water partition coefficient (Wildman–Crippen LogP) is 1.86. The second-order valence-electron chi connectivity index (χ2n) is 5.11. The van der Waals surface area contributed by atoms with Crippen LogP contribution in [0.4, 0.5) is 11.4 Å². The fourth-order valence-electron chi connectivity index (χ4n) is 1.95. The van der Waals surface area contributed by atoms with Gasteiger partial charge in [0, 0.05) is 31.1 Å². The van der Waals surface area contributed by atoms with Crippen LogP contribution in [0.1, 0.15) is 30.1 Å². The quantitative estimate of drug-likeness (QED) is 0.501. The minimum atomic E-state index is -0.0890. The van der Waals surface area contributed by atoms with Crippen molar-refractivity contribution in [2.24, 2.45) is 5.92 Å². The Kier molecular flexibility index (Phi) is 5.24. The number of benzene rings is 1. The van der Waals surface area contributed by atoms with Crippen molar-refractivity contribution in [3.05, 3.63) is 23.8 Å². The zero-order valence-electron chi connectivity index (χ0n) is 11.9. The van der Waals surface area contributed by atoms with Gasteiger partial charge in [-0.15, -0.1) is 0 Å². The van der Waals surface area contributed by atoms with Crippen molar-refractivity contribution in [2.45, 2.75) is 19.8 Å². The first-order valence-electron chi connectivity index (χ1n) is 7.20. The van der Waals surface area contributed by atoms with E-state index in [1.807, 2.05) is 6.92 Å². The first kappa shape index (κ1) is 14.7. The summed E-state index contributed by atoms with van der Waals surface area (Å²) in [5.41, 5.74) is 7.79. The average molecular weight is 277 g/mol. The number of amides is 1. The Bertz CT molecular complexity index is 458. The predicted molar refractivity (Wildman–Crippen MR) is 80.9 cm³/mol. The molecule has 0 radical (unpaired) electrons. The maximum absolute atomic E-state index is 11.9. The van der Waals surface area contributed by atoms with Gasteiger partial charge in [-0.3, -0.25) is 4.79 Å². The van der Waals surface area contributed by atoms with Gasteiger partial charge in [0.15, 0.2) is 0 Å². The van der Waals surface area contributed by atoms with Crippen LogP contribution in [0.5, 0.6) is 0 Å². The van der Waals surface area contributed by atoms with Gasteiger partial charge in [-0.2, -0.15) is 0 Å². The number of nitrogen functional groups attached to an aromatic ring is 1. The summed E-state index contributed by atoms with van der Waals surface area (Å²) in [4.78, 5) is 11.9. The highest BCUT2D eigenvalue weighted by atomic mass is 16.5. The maximum atomic E-state index is 11.9. The van der Waals surface area contributed by atoms with Gasteiger partial charge >= 0.3 is 0 Å². The van der Waals surface area contributed by atoms with E-state index < -0.39 is 0 Å². The molecule has 0 unspecified atom stereocenters. The lowest BCUT2D eigenvalue weighted by atomic mass is 10.1. The molecule has 0 bridgehead atoms. The molecule has 1 saturated carbocycles. The number of carbonyl (C=O) groups excluding carboxylic acids is 1. The van der Waals surface area contributed by atoms with Crippen molar-refractivity contribution in [2.75, 3.05) is 37.4 Å². The Hall–Kier alpha value is -1.75. The standard InChI is InChI=1S/C15H23N3O2/c1-2-17-15(19)13-6-5-12(16)9-14(13)18-7-8-20-10-11-3-4-11/h5-6,9,11,18H,2-4,7-8,10,16H2,1H3,(H,17,19). The van der Waals surface area contributed by atoms with E-state index in [0.717, 1.165) is 18.2 Å². The lowest BCUT2D eigenvalue weighted by Crippen LogP contribution is -2.24. The third-order valence-electron chi connectivity index (χ3n) is 3.24. The summed E-state index contributed by atoms with van der Waals surface area (Å²) in [5, 5.41) is 6.02. The smallest absolute Gasteiger partial charge is 0.253 e. The molecule has 1 aromatic rings. The number of hydrogen-bond donors (Lipinski definition) is 3. The van der Waals surface area contributed by atoms with Crippen molar-refractivity contribution < 1.29 is 9.53 Å². The van der Waals surface area contributed by atoms with Crippen LogP contribution in [0.15, 0.2) is 18.2 Å². The van der Waals surface area contributed by atoms with Crippen LogP contribution in [-0.2, 0) is 4.74 Å². The van der Waals surface area contributed by atoms with Crippen LogP contribution < -0.4 is 16.4 Å². The Labute approximate surface area is 119 Å². The topological polar surface area (TPSA) is 76.4 Å². The van der Waals surface area contributed by atoms with Crippen LogP contribution in [0.2, 0.25) is 0 Å². The van der Waals surface area contributed by atoms with Gasteiger partial charge in [0.1, 0.15) is 0 Å². The molecule has 20 heavy (non-hydrogen) atoms. The Morgan fingerprint density at radius 3 is 2.95 bits per heavy atom. The maximum Gasteiger partial charge on any atom is 0.253 e. The molecule has 0 aromatic heterocycles. The van der Waals surface area contributed by atoms with Crippen LogP contribution in [0.3, 0.4) is 0 Å². The third-order valence-corrected chi connectivity index (χ3v) is 3.24. The summed E-state index contributed by atoms with van der Waals surface area (Å²) in [7, 11) is 0. The van der Waals surface area contributed by atoms with Gasteiger partial charge in [0.05, 0.1) is 12.2 Å². The summed E-state index contributed by atoms with van der Waals surface area (Å²) in [6.07, 6.45) is 2.59. The van der Waals surface area contributed by atoms with Crippen LogP contribution in [0, 0.1) is 5.92 Å². The monoisotopic (exact) mass is 277 g/mol. The van der Waals surface area contributed by atoms with Gasteiger partial charge in [0.25, 0.3) is 5.91 Å². The summed E-state index contributed by atoms with van der Waals surface area (Å²) in [6.45, 7) is 4.66. The molecule has 110 valence electrons. The number of rotatable bonds is 8. The van der Waals surface area contributed by atoms with E-state index in [1.165, 1.54) is 12.8 Å². The van der Waals surface area contributed by atoms with E-state index in [4.69, 9.17) is 10.5 Å². The first-order valence-corrected chi connectivity index (χ1v) is 7.20. The molecule has 0 saturated heterocycles. The fraction of sp³-hybridized carbons (Fsp3) is 0.533. The summed E-state index contributed by atoms with van der Waals surface area (Å²) in [5.74, 6) is 0.683. The van der Waals surface area contributed by atoms with E-state index in [0.29, 0.717) is 30.9 Å². The Balaban J connectivity index is 1.86. The van der Waals surface area contributed by atoms with Crippen molar-refractivity contribution in [3.8, 4) is 0 Å². The minimum Gasteiger partial charge on any atom is -0.399 e. The minimum absolute atomic E-state index is 0.0890. The molecular formula is C15H23N3O2. The van der Waals surface area contributed by atoms with Crippen molar-refractivity contribution in [3.63, 3.8) is 0 Å². The Morgan fingerprint density at radius 1 is 1.45 bits per heavy atom. The molecule has 5 heteroatoms. The fourth-order valence-corrected chi connectivity index (χ4v) is 1.95. The molecule has 1 amide bonds. The lowest BCUT2D eigenvalue weighted by molar-refractivity contribution is 0.0956. The van der Waals surface area contributed by atoms with Crippen molar-refractivity contribution >= 4 is 17.3 Å². The first-order chi connectivity index (χ1) is 9.70. The van der Waals surface area contributed by atoms with Crippen molar-refractivity contribution in [1.29, 1.82) is 0 Å². The van der Waals surface area contributed by atoms with Gasteiger partial charge in [-0.1, -0.05) is 0 Å². The number of hydrogen-bond acceptors (Lipinski definition) is 4. The number of ether oxygens (including phenoxy) is 1. The zero-order valence-corrected chi connectivity index (χ0v) is 11.9. The summed E-state index contributed by atoms with van der Waals surface area (Å²) >= 11 is 0. The highest BCUT2D eigenvalue weighted by molar-refractivity contribution is 6.00. The van der Waals surface area contributed by atoms with E-state index in [9.17, 15) is 4.79 Å². The third kappa shape index (κ3) is 4.42. The molecule has 1 aliphatic carbocycles. The van der Waals surface area contributed by atoms with Gasteiger partial charge < -0.3 is 21.1 Å². The lowest BCUT2D eigenvalue weighted by Gasteiger charge is -2.13. The van der Waals surface area contributed by atoms with Gasteiger partial charge in [-0.05, 0) is 43.9 Å². The molecule has 0 spiro atoms. The Morgan fingerprint density at radius 2 is 2.25 bits per heavy atom. The molecule has 0 heterocycles. The van der Waals surface area contributed by atoms with E-state index >= 15 is 0 Å². The van der Waals surface area contributed by atoms with Gasteiger partial charge in [0.2, 0.25) is 0 Å². The van der Waals surface area contributed by atoms with E-state index in [1.54, 1.807) is 18.2 Å². The molecule has 0 atom stereocenters. The molecule has 2 rings (SSSR count). The molecule has 4 N–H and O–H groups in total. The second-order valence-corrected chi connectivity index (χ2v) is 5.11. The number of anilines is 2. The normalized spacial score (nSPS) is 14.1. The van der Waals surface area contributed by atoms with Crippen LogP contribution in [-0.4, -0.2) is 32.2 Å².